The lowest BCUT2D eigenvalue weighted by molar-refractivity contribution is 0.148. The quantitative estimate of drug-likeness (QED) is 0.578. The predicted octanol–water partition coefficient (Wildman–Crippen LogP) is 0.525. The van der Waals surface area contributed by atoms with E-state index in [1.807, 2.05) is 0 Å². The van der Waals surface area contributed by atoms with Gasteiger partial charge in [-0.15, -0.1) is 0 Å². The SMILES string of the molecule is N[C@@H]1CCCN2CCSC[C@H]12. The largest absolute Gasteiger partial charge is 0.326 e. The molecular weight excluding hydrogens is 156 g/mol. The Morgan fingerprint density at radius 2 is 2.27 bits per heavy atom. The Hall–Kier alpha value is 0.270. The lowest BCUT2D eigenvalue weighted by atomic mass is 9.98. The fourth-order valence-corrected chi connectivity index (χ4v) is 3.28. The van der Waals surface area contributed by atoms with Gasteiger partial charge >= 0.3 is 0 Å². The monoisotopic (exact) mass is 172 g/mol. The van der Waals surface area contributed by atoms with Gasteiger partial charge in [0, 0.05) is 30.1 Å². The molecule has 0 aromatic heterocycles. The molecule has 0 saturated carbocycles. The molecule has 0 spiro atoms. The molecule has 0 aliphatic carbocycles. The van der Waals surface area contributed by atoms with Crippen LogP contribution in [0.3, 0.4) is 0 Å². The zero-order valence-corrected chi connectivity index (χ0v) is 7.65. The van der Waals surface area contributed by atoms with Crippen molar-refractivity contribution in [1.82, 2.24) is 4.90 Å². The average Bonchev–Trinajstić information content (AvgIpc) is 2.06. The normalized spacial score (nSPS) is 40.1. The van der Waals surface area contributed by atoms with Crippen molar-refractivity contribution in [3.05, 3.63) is 0 Å². The molecule has 2 rings (SSSR count). The van der Waals surface area contributed by atoms with Crippen LogP contribution in [0.4, 0.5) is 0 Å². The second-order valence-corrected chi connectivity index (χ2v) is 4.63. The van der Waals surface area contributed by atoms with Crippen molar-refractivity contribution in [3.63, 3.8) is 0 Å². The fourth-order valence-electron chi connectivity index (χ4n) is 2.05. The Bertz CT molecular complexity index is 138. The van der Waals surface area contributed by atoms with Gasteiger partial charge in [0.2, 0.25) is 0 Å². The number of nitrogens with two attached hydrogens (primary N) is 1. The van der Waals surface area contributed by atoms with Crippen LogP contribution >= 0.6 is 11.8 Å². The zero-order valence-electron chi connectivity index (χ0n) is 6.83. The fraction of sp³-hybridized carbons (Fsp3) is 1.00. The van der Waals surface area contributed by atoms with E-state index in [0.717, 1.165) is 0 Å². The maximum absolute atomic E-state index is 6.03. The molecule has 2 aliphatic rings. The summed E-state index contributed by atoms with van der Waals surface area (Å²) in [6.45, 7) is 2.56. The van der Waals surface area contributed by atoms with Gasteiger partial charge in [-0.3, -0.25) is 4.90 Å². The van der Waals surface area contributed by atoms with Crippen LogP contribution in [-0.4, -0.2) is 41.6 Å². The molecule has 2 saturated heterocycles. The number of fused-ring (bicyclic) bond motifs is 1. The number of hydrogen-bond donors (Lipinski definition) is 1. The molecule has 2 heterocycles. The molecular formula is C8H16N2S. The second kappa shape index (κ2) is 3.33. The van der Waals surface area contributed by atoms with Crippen LogP contribution in [0.2, 0.25) is 0 Å². The van der Waals surface area contributed by atoms with E-state index in [2.05, 4.69) is 16.7 Å². The first kappa shape index (κ1) is 7.90. The number of thioether (sulfide) groups is 1. The van der Waals surface area contributed by atoms with E-state index < -0.39 is 0 Å². The molecule has 2 atom stereocenters. The van der Waals surface area contributed by atoms with E-state index in [1.165, 1.54) is 37.4 Å². The van der Waals surface area contributed by atoms with Crippen LogP contribution in [0.15, 0.2) is 0 Å². The second-order valence-electron chi connectivity index (χ2n) is 3.48. The smallest absolute Gasteiger partial charge is 0.0338 e. The summed E-state index contributed by atoms with van der Waals surface area (Å²) in [7, 11) is 0. The Morgan fingerprint density at radius 3 is 3.09 bits per heavy atom. The van der Waals surface area contributed by atoms with Gasteiger partial charge in [-0.05, 0) is 19.4 Å². The lowest BCUT2D eigenvalue weighted by Gasteiger charge is -2.42. The highest BCUT2D eigenvalue weighted by atomic mass is 32.2. The van der Waals surface area contributed by atoms with Crippen LogP contribution in [0.5, 0.6) is 0 Å². The summed E-state index contributed by atoms with van der Waals surface area (Å²) >= 11 is 2.06. The molecule has 64 valence electrons. The zero-order chi connectivity index (χ0) is 7.68. The molecule has 2 N–H and O–H groups in total. The minimum absolute atomic E-state index is 0.455. The van der Waals surface area contributed by atoms with Crippen molar-refractivity contribution < 1.29 is 0 Å². The van der Waals surface area contributed by atoms with Crippen molar-refractivity contribution >= 4 is 11.8 Å². The summed E-state index contributed by atoms with van der Waals surface area (Å²) < 4.78 is 0. The number of rotatable bonds is 0. The van der Waals surface area contributed by atoms with Crippen molar-refractivity contribution in [3.8, 4) is 0 Å². The van der Waals surface area contributed by atoms with Gasteiger partial charge in [0.1, 0.15) is 0 Å². The van der Waals surface area contributed by atoms with Gasteiger partial charge in [-0.1, -0.05) is 0 Å². The van der Waals surface area contributed by atoms with Crippen LogP contribution in [0.1, 0.15) is 12.8 Å². The molecule has 0 unspecified atom stereocenters. The number of piperidine rings is 1. The first-order valence-corrected chi connectivity index (χ1v) is 5.61. The maximum Gasteiger partial charge on any atom is 0.0338 e. The summed E-state index contributed by atoms with van der Waals surface area (Å²) in [6.07, 6.45) is 2.55. The molecule has 2 aliphatic heterocycles. The standard InChI is InChI=1S/C8H16N2S/c9-7-2-1-3-10-4-5-11-6-8(7)10/h7-8H,1-6,9H2/t7-,8-/m1/s1. The van der Waals surface area contributed by atoms with Crippen LogP contribution in [-0.2, 0) is 0 Å². The molecule has 0 aromatic carbocycles. The third kappa shape index (κ3) is 1.55. The molecule has 2 nitrogen and oxygen atoms in total. The Morgan fingerprint density at radius 1 is 1.36 bits per heavy atom. The van der Waals surface area contributed by atoms with Crippen molar-refractivity contribution in [2.75, 3.05) is 24.6 Å². The predicted molar refractivity (Wildman–Crippen MR) is 49.9 cm³/mol. The summed E-state index contributed by atoms with van der Waals surface area (Å²) in [5.41, 5.74) is 6.03. The summed E-state index contributed by atoms with van der Waals surface area (Å²) in [6, 6.07) is 1.15. The van der Waals surface area contributed by atoms with Crippen molar-refractivity contribution in [2.45, 2.75) is 24.9 Å². The van der Waals surface area contributed by atoms with Gasteiger partial charge in [0.25, 0.3) is 0 Å². The van der Waals surface area contributed by atoms with Crippen LogP contribution < -0.4 is 5.73 Å². The molecule has 0 amide bonds. The Kier molecular flexibility index (Phi) is 2.39. The maximum atomic E-state index is 6.03. The Balaban J connectivity index is 1.99. The third-order valence-electron chi connectivity index (χ3n) is 2.76. The van der Waals surface area contributed by atoms with Crippen LogP contribution in [0, 0.1) is 0 Å². The average molecular weight is 172 g/mol. The van der Waals surface area contributed by atoms with E-state index in [1.54, 1.807) is 0 Å². The molecule has 11 heavy (non-hydrogen) atoms. The third-order valence-corrected chi connectivity index (χ3v) is 3.81. The minimum atomic E-state index is 0.455. The minimum Gasteiger partial charge on any atom is -0.326 e. The molecule has 3 heteroatoms. The van der Waals surface area contributed by atoms with E-state index in [9.17, 15) is 0 Å². The van der Waals surface area contributed by atoms with E-state index >= 15 is 0 Å². The van der Waals surface area contributed by atoms with Gasteiger partial charge in [0.15, 0.2) is 0 Å². The summed E-state index contributed by atoms with van der Waals surface area (Å²) in [5.74, 6) is 2.57. The van der Waals surface area contributed by atoms with E-state index in [4.69, 9.17) is 5.73 Å². The topological polar surface area (TPSA) is 29.3 Å². The molecule has 2 fully saturated rings. The van der Waals surface area contributed by atoms with E-state index in [0.29, 0.717) is 12.1 Å². The summed E-state index contributed by atoms with van der Waals surface area (Å²) in [4.78, 5) is 2.57. The first-order valence-electron chi connectivity index (χ1n) is 4.45. The van der Waals surface area contributed by atoms with Gasteiger partial charge in [0.05, 0.1) is 0 Å². The highest BCUT2D eigenvalue weighted by molar-refractivity contribution is 7.99. The number of nitrogens with zero attached hydrogens (tertiary/aromatic N) is 1. The summed E-state index contributed by atoms with van der Waals surface area (Å²) in [5, 5.41) is 0. The van der Waals surface area contributed by atoms with Crippen LogP contribution in [0.25, 0.3) is 0 Å². The van der Waals surface area contributed by atoms with Crippen molar-refractivity contribution in [2.24, 2.45) is 5.73 Å². The van der Waals surface area contributed by atoms with Crippen molar-refractivity contribution in [1.29, 1.82) is 0 Å². The molecule has 0 radical (unpaired) electrons. The van der Waals surface area contributed by atoms with Gasteiger partial charge in [-0.25, -0.2) is 0 Å². The Labute approximate surface area is 72.5 Å². The number of hydrogen-bond acceptors (Lipinski definition) is 3. The molecule has 0 bridgehead atoms. The highest BCUT2D eigenvalue weighted by Crippen LogP contribution is 2.23. The van der Waals surface area contributed by atoms with E-state index in [-0.39, 0.29) is 0 Å². The first-order chi connectivity index (χ1) is 5.38. The lowest BCUT2D eigenvalue weighted by Crippen LogP contribution is -2.55. The highest BCUT2D eigenvalue weighted by Gasteiger charge is 2.30. The van der Waals surface area contributed by atoms with Gasteiger partial charge in [-0.2, -0.15) is 11.8 Å². The van der Waals surface area contributed by atoms with Gasteiger partial charge < -0.3 is 5.73 Å². The molecule has 0 aromatic rings.